The zero-order valence-electron chi connectivity index (χ0n) is 8.21. The lowest BCUT2D eigenvalue weighted by molar-refractivity contribution is -0.117. The van der Waals surface area contributed by atoms with Gasteiger partial charge >= 0.3 is 7.75 Å². The molecule has 0 aliphatic heterocycles. The van der Waals surface area contributed by atoms with Crippen molar-refractivity contribution in [1.29, 1.82) is 0 Å². The van der Waals surface area contributed by atoms with Crippen LogP contribution in [0.15, 0.2) is 30.3 Å². The maximum atomic E-state index is 11.2. The second kappa shape index (κ2) is 5.07. The quantitative estimate of drug-likeness (QED) is 0.766. The Labute approximate surface area is 87.7 Å². The van der Waals surface area contributed by atoms with E-state index in [0.717, 1.165) is 12.5 Å². The molecule has 1 aromatic rings. The first-order chi connectivity index (χ1) is 6.99. The monoisotopic (exact) mass is 229 g/mol. The number of nitrogens with one attached hydrogen (secondary N) is 1. The van der Waals surface area contributed by atoms with Gasteiger partial charge < -0.3 is 4.89 Å². The zero-order valence-corrected chi connectivity index (χ0v) is 9.11. The number of carbonyl (C=O) groups excluding carboxylic acids is 1. The number of hydrogen-bond acceptors (Lipinski definition) is 3. The molecule has 0 spiro atoms. The van der Waals surface area contributed by atoms with E-state index >= 15 is 0 Å². The van der Waals surface area contributed by atoms with E-state index in [4.69, 9.17) is 9.42 Å². The summed E-state index contributed by atoms with van der Waals surface area (Å²) in [5.74, 6) is -0.603. The molecule has 0 aromatic heterocycles. The summed E-state index contributed by atoms with van der Waals surface area (Å²) in [5.41, 5.74) is 0.761. The van der Waals surface area contributed by atoms with Crippen molar-refractivity contribution in [2.24, 2.45) is 0 Å². The maximum absolute atomic E-state index is 11.2. The molecule has 82 valence electrons. The molecule has 1 unspecified atom stereocenters. The minimum atomic E-state index is -4.01. The van der Waals surface area contributed by atoms with Crippen LogP contribution in [0.4, 0.5) is 0 Å². The van der Waals surface area contributed by atoms with Crippen LogP contribution in [0.2, 0.25) is 0 Å². The lowest BCUT2D eigenvalue weighted by Gasteiger charge is -2.11. The van der Waals surface area contributed by atoms with Crippen LogP contribution in [-0.4, -0.2) is 10.8 Å². The summed E-state index contributed by atoms with van der Waals surface area (Å²) in [7, 11) is -4.01. The predicted molar refractivity (Wildman–Crippen MR) is 54.9 cm³/mol. The van der Waals surface area contributed by atoms with Crippen LogP contribution in [0, 0.1) is 0 Å². The van der Waals surface area contributed by atoms with E-state index in [2.05, 4.69) is 0 Å². The number of carbonyl (C=O) groups is 1. The van der Waals surface area contributed by atoms with E-state index in [0.29, 0.717) is 0 Å². The Morgan fingerprint density at radius 1 is 1.47 bits per heavy atom. The molecule has 0 fully saturated rings. The molecule has 0 saturated heterocycles. The van der Waals surface area contributed by atoms with Gasteiger partial charge in [-0.25, -0.2) is 4.57 Å². The predicted octanol–water partition coefficient (Wildman–Crippen LogP) is 1.44. The molecule has 15 heavy (non-hydrogen) atoms. The third-order valence-electron chi connectivity index (χ3n) is 1.55. The molecular formula is C9H12NO4P. The molecule has 2 N–H and O–H groups in total. The highest BCUT2D eigenvalue weighted by molar-refractivity contribution is 7.51. The first-order valence-corrected chi connectivity index (χ1v) is 5.87. The SMILES string of the molecule is CC(=O)NP(=O)(O)OCc1ccccc1. The first kappa shape index (κ1) is 11.9. The van der Waals surface area contributed by atoms with E-state index < -0.39 is 13.7 Å². The van der Waals surface area contributed by atoms with Crippen LogP contribution in [0.5, 0.6) is 0 Å². The highest BCUT2D eigenvalue weighted by Crippen LogP contribution is 2.37. The number of amides is 1. The minimum absolute atomic E-state index is 0.0190. The molecule has 1 rings (SSSR count). The highest BCUT2D eigenvalue weighted by Gasteiger charge is 2.20. The highest BCUT2D eigenvalue weighted by atomic mass is 31.2. The molecule has 0 heterocycles. The molecule has 1 amide bonds. The average Bonchev–Trinajstić information content (AvgIpc) is 2.15. The van der Waals surface area contributed by atoms with E-state index in [1.165, 1.54) is 0 Å². The summed E-state index contributed by atoms with van der Waals surface area (Å²) < 4.78 is 15.9. The molecule has 5 nitrogen and oxygen atoms in total. The minimum Gasteiger partial charge on any atom is -0.308 e. The van der Waals surface area contributed by atoms with Crippen LogP contribution >= 0.6 is 7.75 Å². The van der Waals surface area contributed by atoms with Crippen LogP contribution < -0.4 is 5.09 Å². The van der Waals surface area contributed by atoms with E-state index in [1.807, 2.05) is 11.2 Å². The summed E-state index contributed by atoms with van der Waals surface area (Å²) in [5, 5.41) is 1.84. The van der Waals surface area contributed by atoms with Gasteiger partial charge in [0.05, 0.1) is 6.61 Å². The largest absolute Gasteiger partial charge is 0.432 e. The van der Waals surface area contributed by atoms with Crippen molar-refractivity contribution in [3.8, 4) is 0 Å². The Morgan fingerprint density at radius 2 is 2.07 bits per heavy atom. The van der Waals surface area contributed by atoms with Crippen molar-refractivity contribution >= 4 is 13.7 Å². The fourth-order valence-electron chi connectivity index (χ4n) is 0.968. The second-order valence-corrected chi connectivity index (χ2v) is 4.47. The Hall–Kier alpha value is -1.16. The van der Waals surface area contributed by atoms with E-state index in [1.54, 1.807) is 24.3 Å². The van der Waals surface area contributed by atoms with E-state index in [-0.39, 0.29) is 6.61 Å². The fraction of sp³-hybridized carbons (Fsp3) is 0.222. The first-order valence-electron chi connectivity index (χ1n) is 4.30. The normalized spacial score (nSPS) is 14.3. The number of rotatable bonds is 4. The molecule has 0 aliphatic rings. The smallest absolute Gasteiger partial charge is 0.308 e. The van der Waals surface area contributed by atoms with Gasteiger partial charge in [0.1, 0.15) is 0 Å². The Bertz CT molecular complexity index is 379. The van der Waals surface area contributed by atoms with Gasteiger partial charge in [-0.15, -0.1) is 0 Å². The van der Waals surface area contributed by atoms with Gasteiger partial charge in [0.15, 0.2) is 0 Å². The third kappa shape index (κ3) is 4.74. The van der Waals surface area contributed by atoms with Crippen molar-refractivity contribution in [3.63, 3.8) is 0 Å². The number of hydrogen-bond donors (Lipinski definition) is 2. The standard InChI is InChI=1S/C9H12NO4P/c1-8(11)10-15(12,13)14-7-9-5-3-2-4-6-9/h2-6H,7H2,1H3,(H2,10,11,12,13). The van der Waals surface area contributed by atoms with Crippen LogP contribution in [0.1, 0.15) is 12.5 Å². The van der Waals surface area contributed by atoms with Gasteiger partial charge in [0.2, 0.25) is 5.91 Å². The number of benzene rings is 1. The maximum Gasteiger partial charge on any atom is 0.432 e. The third-order valence-corrected chi connectivity index (χ3v) is 2.62. The van der Waals surface area contributed by atoms with Crippen molar-refractivity contribution in [1.82, 2.24) is 5.09 Å². The van der Waals surface area contributed by atoms with Gasteiger partial charge in [-0.1, -0.05) is 30.3 Å². The van der Waals surface area contributed by atoms with Crippen molar-refractivity contribution in [2.45, 2.75) is 13.5 Å². The molecule has 0 saturated carbocycles. The van der Waals surface area contributed by atoms with Crippen molar-refractivity contribution in [2.75, 3.05) is 0 Å². The Balaban J connectivity index is 2.50. The van der Waals surface area contributed by atoms with Gasteiger partial charge in [-0.05, 0) is 5.56 Å². The summed E-state index contributed by atoms with van der Waals surface area (Å²) in [6, 6.07) is 8.93. The second-order valence-electron chi connectivity index (χ2n) is 2.95. The van der Waals surface area contributed by atoms with Crippen LogP contribution in [0.3, 0.4) is 0 Å². The Morgan fingerprint density at radius 3 is 2.60 bits per heavy atom. The van der Waals surface area contributed by atoms with Crippen molar-refractivity contribution in [3.05, 3.63) is 35.9 Å². The Kier molecular flexibility index (Phi) is 4.03. The molecule has 1 aromatic carbocycles. The van der Waals surface area contributed by atoms with Gasteiger partial charge in [0, 0.05) is 6.92 Å². The lowest BCUT2D eigenvalue weighted by Crippen LogP contribution is -2.17. The summed E-state index contributed by atoms with van der Waals surface area (Å²) in [6.07, 6.45) is 0. The molecular weight excluding hydrogens is 217 g/mol. The lowest BCUT2D eigenvalue weighted by atomic mass is 10.2. The molecule has 1 atom stereocenters. The summed E-state index contributed by atoms with van der Waals surface area (Å²) >= 11 is 0. The molecule has 0 aliphatic carbocycles. The average molecular weight is 229 g/mol. The van der Waals surface area contributed by atoms with E-state index in [9.17, 15) is 9.36 Å². The van der Waals surface area contributed by atoms with Crippen LogP contribution in [0.25, 0.3) is 0 Å². The molecule has 0 radical (unpaired) electrons. The van der Waals surface area contributed by atoms with Gasteiger partial charge in [-0.3, -0.25) is 14.4 Å². The van der Waals surface area contributed by atoms with Gasteiger partial charge in [-0.2, -0.15) is 0 Å². The summed E-state index contributed by atoms with van der Waals surface area (Å²) in [4.78, 5) is 19.7. The molecule has 0 bridgehead atoms. The molecule has 6 heteroatoms. The summed E-state index contributed by atoms with van der Waals surface area (Å²) in [6.45, 7) is 1.13. The zero-order chi connectivity index (χ0) is 11.3. The van der Waals surface area contributed by atoms with Crippen LogP contribution in [-0.2, 0) is 20.5 Å². The fourth-order valence-corrected chi connectivity index (χ4v) is 1.75. The van der Waals surface area contributed by atoms with Gasteiger partial charge in [0.25, 0.3) is 0 Å². The topological polar surface area (TPSA) is 75.6 Å². The van der Waals surface area contributed by atoms with Crippen molar-refractivity contribution < 1.29 is 18.8 Å².